The van der Waals surface area contributed by atoms with Crippen LogP contribution in [0.25, 0.3) is 0 Å². The Balaban J connectivity index is 0.00000115. The van der Waals surface area contributed by atoms with Gasteiger partial charge in [0.1, 0.15) is 5.82 Å². The quantitative estimate of drug-likeness (QED) is 0.294. The molecule has 0 spiro atoms. The van der Waals surface area contributed by atoms with Crippen molar-refractivity contribution in [3.05, 3.63) is 60.2 Å². The Hall–Kier alpha value is -1.58. The molecular formula is C29H50FN5OS. The van der Waals surface area contributed by atoms with E-state index < -0.39 is 0 Å². The molecule has 1 saturated carbocycles. The highest BCUT2D eigenvalue weighted by molar-refractivity contribution is 7.95. The fourth-order valence-corrected chi connectivity index (χ4v) is 6.51. The lowest BCUT2D eigenvalue weighted by Gasteiger charge is -2.42. The van der Waals surface area contributed by atoms with E-state index in [1.165, 1.54) is 13.1 Å². The molecule has 210 valence electrons. The van der Waals surface area contributed by atoms with Crippen LogP contribution in [0.5, 0.6) is 0 Å². The van der Waals surface area contributed by atoms with Crippen LogP contribution in [0.1, 0.15) is 64.4 Å². The van der Waals surface area contributed by atoms with Crippen LogP contribution in [0.2, 0.25) is 0 Å². The van der Waals surface area contributed by atoms with E-state index in [1.807, 2.05) is 26.0 Å². The molecule has 0 aromatic heterocycles. The van der Waals surface area contributed by atoms with Crippen molar-refractivity contribution in [3.8, 4) is 0 Å². The Labute approximate surface area is 229 Å². The number of nitrogens with zero attached hydrogens (tertiary/aromatic N) is 2. The van der Waals surface area contributed by atoms with Crippen LogP contribution in [0.15, 0.2) is 48.8 Å². The van der Waals surface area contributed by atoms with Gasteiger partial charge in [-0.05, 0) is 74.8 Å². The molecule has 1 aliphatic carbocycles. The largest absolute Gasteiger partial charge is 0.385 e. The van der Waals surface area contributed by atoms with Gasteiger partial charge in [0, 0.05) is 50.3 Å². The molecule has 0 amide bonds. The number of nitrogens with one attached hydrogen (secondary N) is 1. The van der Waals surface area contributed by atoms with Crippen LogP contribution in [-0.2, 0) is 4.74 Å². The van der Waals surface area contributed by atoms with Gasteiger partial charge in [-0.3, -0.25) is 0 Å². The molecule has 6 nitrogen and oxygen atoms in total. The Morgan fingerprint density at radius 3 is 2.49 bits per heavy atom. The third kappa shape index (κ3) is 9.91. The van der Waals surface area contributed by atoms with E-state index in [4.69, 9.17) is 10.5 Å². The number of nitrogens with two attached hydrogens (primary N) is 2. The molecule has 8 heteroatoms. The Morgan fingerprint density at radius 2 is 1.86 bits per heavy atom. The summed E-state index contributed by atoms with van der Waals surface area (Å²) in [6, 6.07) is 7.49. The van der Waals surface area contributed by atoms with Crippen molar-refractivity contribution < 1.29 is 9.13 Å². The second kappa shape index (κ2) is 17.1. The fraction of sp³-hybridized carbons (Fsp3) is 0.655. The molecule has 2 atom stereocenters. The predicted octanol–water partition coefficient (Wildman–Crippen LogP) is 5.25. The predicted molar refractivity (Wildman–Crippen MR) is 156 cm³/mol. The SMILES string of the molecule is C=C/C=C(\N)N1CCC(NSN2CC(C)C2)C(COC2CCC(c3cccc(F)c3)CC2)C1.CC.CN. The molecule has 4 rings (SSSR count). The summed E-state index contributed by atoms with van der Waals surface area (Å²) in [6.45, 7) is 15.0. The zero-order chi connectivity index (χ0) is 27.2. The topological polar surface area (TPSA) is 79.8 Å². The Morgan fingerprint density at radius 1 is 1.16 bits per heavy atom. The maximum atomic E-state index is 13.6. The molecule has 37 heavy (non-hydrogen) atoms. The Bertz CT molecular complexity index is 811. The summed E-state index contributed by atoms with van der Waals surface area (Å²) in [5.41, 5.74) is 11.9. The average Bonchev–Trinajstić information content (AvgIpc) is 2.92. The van der Waals surface area contributed by atoms with Crippen LogP contribution in [0, 0.1) is 17.7 Å². The number of hydrogen-bond donors (Lipinski definition) is 3. The van der Waals surface area contributed by atoms with Crippen molar-refractivity contribution >= 4 is 12.1 Å². The number of hydrogen-bond acceptors (Lipinski definition) is 7. The molecule has 2 unspecified atom stereocenters. The first-order chi connectivity index (χ1) is 18.0. The van der Waals surface area contributed by atoms with E-state index in [1.54, 1.807) is 24.3 Å². The fourth-order valence-electron chi connectivity index (χ4n) is 5.26. The van der Waals surface area contributed by atoms with Gasteiger partial charge in [0.2, 0.25) is 0 Å². The van der Waals surface area contributed by atoms with E-state index in [0.717, 1.165) is 82.2 Å². The highest BCUT2D eigenvalue weighted by Gasteiger charge is 2.33. The zero-order valence-corrected chi connectivity index (χ0v) is 24.2. The lowest BCUT2D eigenvalue weighted by atomic mass is 9.82. The molecule has 3 fully saturated rings. The molecule has 0 radical (unpaired) electrons. The van der Waals surface area contributed by atoms with E-state index in [9.17, 15) is 4.39 Å². The number of halogens is 1. The van der Waals surface area contributed by atoms with Crippen LogP contribution in [0.4, 0.5) is 4.39 Å². The number of allylic oxidation sites excluding steroid dienone is 2. The summed E-state index contributed by atoms with van der Waals surface area (Å²) in [4.78, 5) is 2.26. The van der Waals surface area contributed by atoms with E-state index in [0.29, 0.717) is 17.9 Å². The highest BCUT2D eigenvalue weighted by atomic mass is 32.2. The molecule has 1 aromatic carbocycles. The van der Waals surface area contributed by atoms with Crippen LogP contribution in [0.3, 0.4) is 0 Å². The monoisotopic (exact) mass is 535 g/mol. The molecule has 0 bridgehead atoms. The van der Waals surface area contributed by atoms with E-state index in [-0.39, 0.29) is 11.9 Å². The standard InChI is InChI=1S/C26H39FN4OS.C2H6.CH5N/c1-3-5-26(28)30-13-12-25(29-33-31-15-19(2)16-31)22(17-30)18-32-24-10-8-20(9-11-24)21-6-4-7-23(27)14-21;2*1-2/h3-7,14,19-20,22,24-25,29H,1,8-13,15-18,28H2,2H3;1-2H3;2H2,1H3/b26-5+;;. The molecule has 3 aliphatic rings. The van der Waals surface area contributed by atoms with Gasteiger partial charge in [-0.1, -0.05) is 45.6 Å². The normalized spacial score (nSPS) is 26.8. The minimum Gasteiger partial charge on any atom is -0.385 e. The third-order valence-electron chi connectivity index (χ3n) is 7.29. The highest BCUT2D eigenvalue weighted by Crippen LogP contribution is 2.35. The lowest BCUT2D eigenvalue weighted by molar-refractivity contribution is -0.0136. The van der Waals surface area contributed by atoms with Gasteiger partial charge in [-0.15, -0.1) is 0 Å². The minimum atomic E-state index is -0.137. The van der Waals surface area contributed by atoms with Crippen molar-refractivity contribution in [1.82, 2.24) is 13.9 Å². The molecular weight excluding hydrogens is 485 g/mol. The summed E-state index contributed by atoms with van der Waals surface area (Å²) in [7, 11) is 1.50. The third-order valence-corrected chi connectivity index (χ3v) is 8.26. The summed E-state index contributed by atoms with van der Waals surface area (Å²) in [5, 5.41) is 0. The number of rotatable bonds is 9. The van der Waals surface area contributed by atoms with Crippen molar-refractivity contribution in [2.75, 3.05) is 39.8 Å². The van der Waals surface area contributed by atoms with Gasteiger partial charge in [-0.25, -0.2) is 13.4 Å². The van der Waals surface area contributed by atoms with E-state index in [2.05, 4.69) is 39.2 Å². The summed E-state index contributed by atoms with van der Waals surface area (Å²) in [6.07, 6.45) is 9.16. The number of ether oxygens (including phenoxy) is 1. The van der Waals surface area contributed by atoms with Crippen molar-refractivity contribution in [1.29, 1.82) is 0 Å². The van der Waals surface area contributed by atoms with Gasteiger partial charge in [0.05, 0.1) is 18.5 Å². The maximum absolute atomic E-state index is 13.6. The Kier molecular flexibility index (Phi) is 14.6. The van der Waals surface area contributed by atoms with Crippen molar-refractivity contribution in [2.45, 2.75) is 70.9 Å². The van der Waals surface area contributed by atoms with Crippen LogP contribution < -0.4 is 16.2 Å². The van der Waals surface area contributed by atoms with Gasteiger partial charge in [0.15, 0.2) is 0 Å². The van der Waals surface area contributed by atoms with Crippen LogP contribution in [-0.4, -0.2) is 61.2 Å². The molecule has 1 aromatic rings. The number of likely N-dealkylation sites (tertiary alicyclic amines) is 1. The first-order valence-electron chi connectivity index (χ1n) is 14.0. The van der Waals surface area contributed by atoms with Gasteiger partial charge < -0.3 is 21.1 Å². The van der Waals surface area contributed by atoms with Gasteiger partial charge in [0.25, 0.3) is 0 Å². The van der Waals surface area contributed by atoms with Crippen molar-refractivity contribution in [2.24, 2.45) is 23.3 Å². The summed E-state index contributed by atoms with van der Waals surface area (Å²) >= 11 is 1.77. The second-order valence-electron chi connectivity index (χ2n) is 9.95. The summed E-state index contributed by atoms with van der Waals surface area (Å²) < 4.78 is 26.2. The van der Waals surface area contributed by atoms with E-state index >= 15 is 0 Å². The number of benzene rings is 1. The number of piperidine rings is 1. The first-order valence-corrected chi connectivity index (χ1v) is 14.7. The minimum absolute atomic E-state index is 0.137. The molecule has 2 heterocycles. The maximum Gasteiger partial charge on any atom is 0.123 e. The van der Waals surface area contributed by atoms with Crippen LogP contribution >= 0.6 is 12.1 Å². The molecule has 5 N–H and O–H groups in total. The average molecular weight is 536 g/mol. The lowest BCUT2D eigenvalue weighted by Crippen LogP contribution is -2.52. The second-order valence-corrected chi connectivity index (χ2v) is 10.9. The van der Waals surface area contributed by atoms with Crippen molar-refractivity contribution in [3.63, 3.8) is 0 Å². The molecule has 2 saturated heterocycles. The first kappa shape index (κ1) is 31.6. The zero-order valence-electron chi connectivity index (χ0n) is 23.4. The summed E-state index contributed by atoms with van der Waals surface area (Å²) in [5.74, 6) is 2.27. The smallest absolute Gasteiger partial charge is 0.123 e. The molecule has 2 aliphatic heterocycles. The van der Waals surface area contributed by atoms with Gasteiger partial charge in [-0.2, -0.15) is 0 Å². The van der Waals surface area contributed by atoms with Gasteiger partial charge >= 0.3 is 0 Å².